The second-order valence-electron chi connectivity index (χ2n) is 7.54. The van der Waals surface area contributed by atoms with Gasteiger partial charge in [-0.25, -0.2) is 4.39 Å². The van der Waals surface area contributed by atoms with Crippen molar-refractivity contribution in [3.05, 3.63) is 53.8 Å². The third kappa shape index (κ3) is 6.74. The van der Waals surface area contributed by atoms with E-state index in [1.807, 2.05) is 0 Å². The molecule has 1 aromatic heterocycles. The van der Waals surface area contributed by atoms with Crippen molar-refractivity contribution < 1.29 is 36.6 Å². The maximum atomic E-state index is 14.0. The lowest BCUT2D eigenvalue weighted by atomic mass is 10.1. The molecule has 2 aromatic carbocycles. The number of anilines is 2. The van der Waals surface area contributed by atoms with Crippen LogP contribution in [0.3, 0.4) is 0 Å². The van der Waals surface area contributed by atoms with Crippen molar-refractivity contribution >= 4 is 34.0 Å². The Labute approximate surface area is 206 Å². The van der Waals surface area contributed by atoms with Gasteiger partial charge >= 0.3 is 6.36 Å². The van der Waals surface area contributed by atoms with Crippen LogP contribution < -0.4 is 15.4 Å². The summed E-state index contributed by atoms with van der Waals surface area (Å²) in [5.74, 6) is -2.50. The molecule has 190 valence electrons. The van der Waals surface area contributed by atoms with Crippen LogP contribution in [0.5, 0.6) is 5.75 Å². The number of carbonyl (C=O) groups is 2. The maximum Gasteiger partial charge on any atom is 0.573 e. The van der Waals surface area contributed by atoms with Crippen molar-refractivity contribution in [1.82, 2.24) is 15.1 Å². The van der Waals surface area contributed by atoms with Gasteiger partial charge in [-0.2, -0.15) is 0 Å². The molecule has 0 saturated carbocycles. The first-order valence-corrected chi connectivity index (χ1v) is 11.4. The Morgan fingerprint density at radius 2 is 1.83 bits per heavy atom. The molecule has 2 N–H and O–H groups in total. The minimum atomic E-state index is -5.01. The summed E-state index contributed by atoms with van der Waals surface area (Å²) in [5.41, 5.74) is -0.203. The molecule has 1 fully saturated rings. The van der Waals surface area contributed by atoms with Crippen molar-refractivity contribution in [1.29, 1.82) is 0 Å². The van der Waals surface area contributed by atoms with E-state index in [2.05, 4.69) is 25.6 Å². The van der Waals surface area contributed by atoms with Gasteiger partial charge in [0.15, 0.2) is 10.8 Å². The Morgan fingerprint density at radius 1 is 1.08 bits per heavy atom. The monoisotopic (exact) mass is 525 g/mol. The highest BCUT2D eigenvalue weighted by atomic mass is 32.1. The molecule has 1 saturated heterocycles. The maximum absolute atomic E-state index is 14.0. The zero-order valence-electron chi connectivity index (χ0n) is 18.5. The van der Waals surface area contributed by atoms with E-state index in [4.69, 9.17) is 4.74 Å². The first-order chi connectivity index (χ1) is 17.2. The lowest BCUT2D eigenvalue weighted by Crippen LogP contribution is -2.41. The Balaban J connectivity index is 1.50. The number of morpholine rings is 1. The molecule has 0 unspecified atom stereocenters. The van der Waals surface area contributed by atoms with Crippen LogP contribution in [0.15, 0.2) is 42.5 Å². The van der Waals surface area contributed by atoms with Crippen LogP contribution in [0, 0.1) is 5.82 Å². The lowest BCUT2D eigenvalue weighted by molar-refractivity contribution is -0.274. The molecule has 14 heteroatoms. The van der Waals surface area contributed by atoms with E-state index in [0.717, 1.165) is 29.5 Å². The average molecular weight is 525 g/mol. The fourth-order valence-corrected chi connectivity index (χ4v) is 4.09. The molecule has 4 rings (SSSR count). The summed E-state index contributed by atoms with van der Waals surface area (Å²) < 4.78 is 61.8. The Morgan fingerprint density at radius 3 is 2.56 bits per heavy atom. The number of ether oxygens (including phenoxy) is 2. The number of hydrogen-bond acceptors (Lipinski definition) is 8. The standard InChI is InChI=1S/C22H19F4N5O4S/c23-15-4-2-1-3-14(15)20-29-30-21(36-20)28-19(33)13-5-6-17(35-22(24,25)26)16(11-13)27-18(32)12-31-7-9-34-10-8-31/h1-6,11H,7-10,12H2,(H,27,32)(H,28,30,33). The molecule has 36 heavy (non-hydrogen) atoms. The van der Waals surface area contributed by atoms with Crippen LogP contribution in [0.4, 0.5) is 28.4 Å². The second-order valence-corrected chi connectivity index (χ2v) is 8.52. The summed E-state index contributed by atoms with van der Waals surface area (Å²) in [7, 11) is 0. The van der Waals surface area contributed by atoms with Gasteiger partial charge in [-0.3, -0.25) is 19.8 Å². The second kappa shape index (κ2) is 11.0. The van der Waals surface area contributed by atoms with Crippen molar-refractivity contribution in [3.8, 4) is 16.3 Å². The molecule has 0 radical (unpaired) electrons. The van der Waals surface area contributed by atoms with E-state index in [-0.39, 0.29) is 33.5 Å². The number of nitrogens with one attached hydrogen (secondary N) is 2. The number of halogens is 4. The zero-order valence-corrected chi connectivity index (χ0v) is 19.3. The van der Waals surface area contributed by atoms with Crippen LogP contribution in [-0.4, -0.2) is 66.1 Å². The van der Waals surface area contributed by atoms with Gasteiger partial charge < -0.3 is 14.8 Å². The summed E-state index contributed by atoms with van der Waals surface area (Å²) in [5, 5.41) is 12.8. The first kappa shape index (κ1) is 25.5. The predicted molar refractivity (Wildman–Crippen MR) is 122 cm³/mol. The van der Waals surface area contributed by atoms with Crippen LogP contribution in [-0.2, 0) is 9.53 Å². The minimum absolute atomic E-state index is 0.0479. The molecule has 3 aromatic rings. The van der Waals surface area contributed by atoms with E-state index in [0.29, 0.717) is 26.3 Å². The van der Waals surface area contributed by atoms with Gasteiger partial charge in [0.05, 0.1) is 25.4 Å². The molecule has 9 nitrogen and oxygen atoms in total. The van der Waals surface area contributed by atoms with Crippen LogP contribution >= 0.6 is 11.3 Å². The van der Waals surface area contributed by atoms with E-state index < -0.39 is 29.7 Å². The molecule has 0 bridgehead atoms. The largest absolute Gasteiger partial charge is 0.573 e. The molecule has 0 atom stereocenters. The highest BCUT2D eigenvalue weighted by molar-refractivity contribution is 7.18. The van der Waals surface area contributed by atoms with Gasteiger partial charge in [-0.1, -0.05) is 23.5 Å². The SMILES string of the molecule is O=C(CN1CCOCC1)Nc1cc(C(=O)Nc2nnc(-c3ccccc3F)s2)ccc1OC(F)(F)F. The van der Waals surface area contributed by atoms with Gasteiger partial charge in [0.1, 0.15) is 5.82 Å². The van der Waals surface area contributed by atoms with Crippen molar-refractivity contribution in [3.63, 3.8) is 0 Å². The summed E-state index contributed by atoms with van der Waals surface area (Å²) in [6.45, 7) is 1.80. The van der Waals surface area contributed by atoms with Crippen molar-refractivity contribution in [2.24, 2.45) is 0 Å². The fraction of sp³-hybridized carbons (Fsp3) is 0.273. The quantitative estimate of drug-likeness (QED) is 0.453. The molecular weight excluding hydrogens is 506 g/mol. The Hall–Kier alpha value is -3.62. The lowest BCUT2D eigenvalue weighted by Gasteiger charge is -2.26. The third-order valence-electron chi connectivity index (χ3n) is 4.96. The highest BCUT2D eigenvalue weighted by Crippen LogP contribution is 2.32. The summed E-state index contributed by atoms with van der Waals surface area (Å²) in [6.07, 6.45) is -5.01. The molecular formula is C22H19F4N5O4S. The van der Waals surface area contributed by atoms with Crippen LogP contribution in [0.2, 0.25) is 0 Å². The van der Waals surface area contributed by atoms with E-state index in [1.165, 1.54) is 18.2 Å². The minimum Gasteiger partial charge on any atom is -0.404 e. The van der Waals surface area contributed by atoms with Gasteiger partial charge in [0, 0.05) is 24.2 Å². The van der Waals surface area contributed by atoms with Gasteiger partial charge in [-0.15, -0.1) is 23.4 Å². The molecule has 2 heterocycles. The smallest absolute Gasteiger partial charge is 0.404 e. The zero-order chi connectivity index (χ0) is 25.7. The van der Waals surface area contributed by atoms with E-state index >= 15 is 0 Å². The molecule has 1 aliphatic heterocycles. The van der Waals surface area contributed by atoms with Crippen LogP contribution in [0.25, 0.3) is 10.6 Å². The number of amides is 2. The first-order valence-electron chi connectivity index (χ1n) is 10.6. The van der Waals surface area contributed by atoms with Gasteiger partial charge in [-0.05, 0) is 30.3 Å². The molecule has 0 aliphatic carbocycles. The topological polar surface area (TPSA) is 106 Å². The fourth-order valence-electron chi connectivity index (χ4n) is 3.32. The number of rotatable bonds is 7. The highest BCUT2D eigenvalue weighted by Gasteiger charge is 2.32. The molecule has 0 spiro atoms. The molecule has 2 amide bonds. The average Bonchev–Trinajstić information content (AvgIpc) is 3.28. The summed E-state index contributed by atoms with van der Waals surface area (Å²) in [6, 6.07) is 9.00. The van der Waals surface area contributed by atoms with Gasteiger partial charge in [0.25, 0.3) is 5.91 Å². The Bertz CT molecular complexity index is 1250. The Kier molecular flexibility index (Phi) is 7.76. The third-order valence-corrected chi connectivity index (χ3v) is 5.83. The number of aromatic nitrogens is 2. The summed E-state index contributed by atoms with van der Waals surface area (Å²) >= 11 is 0.915. The van der Waals surface area contributed by atoms with Crippen LogP contribution in [0.1, 0.15) is 10.4 Å². The number of carbonyl (C=O) groups excluding carboxylic acids is 2. The van der Waals surface area contributed by atoms with E-state index in [9.17, 15) is 27.2 Å². The number of hydrogen-bond donors (Lipinski definition) is 2. The number of benzene rings is 2. The summed E-state index contributed by atoms with van der Waals surface area (Å²) in [4.78, 5) is 27.0. The predicted octanol–water partition coefficient (Wildman–Crippen LogP) is 3.77. The van der Waals surface area contributed by atoms with Gasteiger partial charge in [0.2, 0.25) is 11.0 Å². The number of nitrogens with zero attached hydrogens (tertiary/aromatic N) is 3. The van der Waals surface area contributed by atoms with Crippen molar-refractivity contribution in [2.75, 3.05) is 43.5 Å². The van der Waals surface area contributed by atoms with Crippen molar-refractivity contribution in [2.45, 2.75) is 6.36 Å². The van der Waals surface area contributed by atoms with E-state index in [1.54, 1.807) is 11.0 Å². The molecule has 1 aliphatic rings. The number of alkyl halides is 3. The normalized spacial score (nSPS) is 14.3.